The molecule has 1 aromatic heterocycles. The third kappa shape index (κ3) is 4.47. The number of nitrogens with two attached hydrogens (primary N) is 1. The number of nitrogens with one attached hydrogen (secondary N) is 1. The molecule has 0 bridgehead atoms. The summed E-state index contributed by atoms with van der Waals surface area (Å²) in [7, 11) is 0. The van der Waals surface area contributed by atoms with E-state index in [1.807, 2.05) is 17.5 Å². The second-order valence-corrected chi connectivity index (χ2v) is 5.97. The molecule has 0 fully saturated rings. The van der Waals surface area contributed by atoms with Crippen LogP contribution in [0.2, 0.25) is 0 Å². The maximum Gasteiger partial charge on any atom is 0.249 e. The molecule has 3 nitrogen and oxygen atoms in total. The van der Waals surface area contributed by atoms with Crippen molar-refractivity contribution in [2.75, 3.05) is 0 Å². The number of carbonyl (C=O) groups is 1. The van der Waals surface area contributed by atoms with Crippen LogP contribution in [0.1, 0.15) is 34.1 Å². The van der Waals surface area contributed by atoms with Crippen LogP contribution in [0.5, 0.6) is 0 Å². The van der Waals surface area contributed by atoms with Crippen molar-refractivity contribution >= 4 is 17.2 Å². The predicted molar refractivity (Wildman–Crippen MR) is 83.9 cm³/mol. The molecule has 0 saturated heterocycles. The van der Waals surface area contributed by atoms with Gasteiger partial charge in [0.25, 0.3) is 0 Å². The van der Waals surface area contributed by atoms with Gasteiger partial charge in [0.15, 0.2) is 0 Å². The van der Waals surface area contributed by atoms with Crippen molar-refractivity contribution < 1.29 is 4.79 Å². The highest BCUT2D eigenvalue weighted by Gasteiger charge is 2.06. The van der Waals surface area contributed by atoms with E-state index in [0.29, 0.717) is 11.6 Å². The lowest BCUT2D eigenvalue weighted by Crippen LogP contribution is -2.25. The Hall–Kier alpha value is -1.65. The van der Waals surface area contributed by atoms with Crippen LogP contribution in [0.25, 0.3) is 0 Å². The average Bonchev–Trinajstić information content (AvgIpc) is 2.93. The van der Waals surface area contributed by atoms with Crippen molar-refractivity contribution in [3.05, 3.63) is 57.8 Å². The van der Waals surface area contributed by atoms with Gasteiger partial charge in [-0.3, -0.25) is 4.79 Å². The number of hydrogen-bond acceptors (Lipinski definition) is 3. The van der Waals surface area contributed by atoms with Crippen LogP contribution in [-0.2, 0) is 13.0 Å². The largest absolute Gasteiger partial charge is 0.366 e. The van der Waals surface area contributed by atoms with E-state index in [2.05, 4.69) is 36.5 Å². The van der Waals surface area contributed by atoms with E-state index < -0.39 is 0 Å². The zero-order valence-corrected chi connectivity index (χ0v) is 12.5. The second kappa shape index (κ2) is 7.22. The van der Waals surface area contributed by atoms with Crippen LogP contribution in [0.3, 0.4) is 0 Å². The number of carbonyl (C=O) groups excluding carboxylic acids is 1. The van der Waals surface area contributed by atoms with E-state index in [-0.39, 0.29) is 5.91 Å². The van der Waals surface area contributed by atoms with Gasteiger partial charge < -0.3 is 11.1 Å². The SMILES string of the molecule is CC(CCc1ccccc1)NCc1cc(C(N)=O)cs1. The van der Waals surface area contributed by atoms with E-state index in [0.717, 1.165) is 24.3 Å². The lowest BCUT2D eigenvalue weighted by molar-refractivity contribution is 0.100. The van der Waals surface area contributed by atoms with Gasteiger partial charge >= 0.3 is 0 Å². The topological polar surface area (TPSA) is 55.1 Å². The van der Waals surface area contributed by atoms with Crippen molar-refractivity contribution in [1.29, 1.82) is 0 Å². The summed E-state index contributed by atoms with van der Waals surface area (Å²) in [6.45, 7) is 2.97. The number of benzene rings is 1. The second-order valence-electron chi connectivity index (χ2n) is 4.97. The number of thiophene rings is 1. The third-order valence-electron chi connectivity index (χ3n) is 3.27. The fourth-order valence-electron chi connectivity index (χ4n) is 2.01. The summed E-state index contributed by atoms with van der Waals surface area (Å²) in [6.07, 6.45) is 2.17. The third-order valence-corrected chi connectivity index (χ3v) is 4.21. The Kier molecular flexibility index (Phi) is 5.32. The molecule has 4 heteroatoms. The van der Waals surface area contributed by atoms with Gasteiger partial charge in [0.2, 0.25) is 5.91 Å². The smallest absolute Gasteiger partial charge is 0.249 e. The minimum absolute atomic E-state index is 0.357. The molecule has 106 valence electrons. The molecule has 1 unspecified atom stereocenters. The highest BCUT2D eigenvalue weighted by Crippen LogP contribution is 2.14. The molecule has 1 heterocycles. The molecule has 0 aliphatic rings. The summed E-state index contributed by atoms with van der Waals surface area (Å²) in [6, 6.07) is 12.8. The Balaban J connectivity index is 1.74. The van der Waals surface area contributed by atoms with Crippen molar-refractivity contribution in [3.63, 3.8) is 0 Å². The van der Waals surface area contributed by atoms with Gasteiger partial charge in [0, 0.05) is 22.8 Å². The summed E-state index contributed by atoms with van der Waals surface area (Å²) in [4.78, 5) is 12.2. The van der Waals surface area contributed by atoms with Crippen LogP contribution in [-0.4, -0.2) is 11.9 Å². The maximum atomic E-state index is 11.0. The van der Waals surface area contributed by atoms with E-state index in [1.54, 1.807) is 11.3 Å². The highest BCUT2D eigenvalue weighted by atomic mass is 32.1. The van der Waals surface area contributed by atoms with Crippen LogP contribution >= 0.6 is 11.3 Å². The van der Waals surface area contributed by atoms with Gasteiger partial charge in [-0.1, -0.05) is 30.3 Å². The summed E-state index contributed by atoms with van der Waals surface area (Å²) in [5.74, 6) is -0.357. The molecular weight excluding hydrogens is 268 g/mol. The number of amides is 1. The quantitative estimate of drug-likeness (QED) is 0.823. The molecule has 1 aromatic carbocycles. The Labute approximate surface area is 123 Å². The molecule has 20 heavy (non-hydrogen) atoms. The molecule has 0 saturated carbocycles. The zero-order valence-electron chi connectivity index (χ0n) is 11.6. The van der Waals surface area contributed by atoms with Gasteiger partial charge in [-0.05, 0) is 31.4 Å². The molecule has 2 rings (SSSR count). The summed E-state index contributed by atoms with van der Waals surface area (Å²) in [5, 5.41) is 5.29. The fourth-order valence-corrected chi connectivity index (χ4v) is 2.83. The molecule has 0 aliphatic carbocycles. The minimum Gasteiger partial charge on any atom is -0.366 e. The number of primary amides is 1. The minimum atomic E-state index is -0.357. The van der Waals surface area contributed by atoms with Crippen LogP contribution < -0.4 is 11.1 Å². The van der Waals surface area contributed by atoms with Gasteiger partial charge in [0.05, 0.1) is 5.56 Å². The van der Waals surface area contributed by atoms with E-state index in [4.69, 9.17) is 5.73 Å². The summed E-state index contributed by atoms with van der Waals surface area (Å²) < 4.78 is 0. The summed E-state index contributed by atoms with van der Waals surface area (Å²) >= 11 is 1.57. The molecule has 0 radical (unpaired) electrons. The van der Waals surface area contributed by atoms with Crippen LogP contribution in [0.4, 0.5) is 0 Å². The van der Waals surface area contributed by atoms with Gasteiger partial charge in [0.1, 0.15) is 0 Å². The first kappa shape index (κ1) is 14.8. The lowest BCUT2D eigenvalue weighted by atomic mass is 10.1. The van der Waals surface area contributed by atoms with Crippen molar-refractivity contribution in [3.8, 4) is 0 Å². The molecule has 0 aliphatic heterocycles. The maximum absolute atomic E-state index is 11.0. The van der Waals surface area contributed by atoms with Crippen molar-refractivity contribution in [1.82, 2.24) is 5.32 Å². The Morgan fingerprint density at radius 2 is 2.10 bits per heavy atom. The summed E-state index contributed by atoms with van der Waals surface area (Å²) in [5.41, 5.74) is 7.21. The normalized spacial score (nSPS) is 12.2. The first-order valence-corrected chi connectivity index (χ1v) is 7.67. The molecule has 1 amide bonds. The number of hydrogen-bond donors (Lipinski definition) is 2. The Morgan fingerprint density at radius 3 is 2.75 bits per heavy atom. The first-order valence-electron chi connectivity index (χ1n) is 6.79. The molecule has 3 N–H and O–H groups in total. The molecule has 0 spiro atoms. The van der Waals surface area contributed by atoms with E-state index in [9.17, 15) is 4.79 Å². The van der Waals surface area contributed by atoms with Crippen LogP contribution in [0, 0.1) is 0 Å². The van der Waals surface area contributed by atoms with Gasteiger partial charge in [-0.25, -0.2) is 0 Å². The molecular formula is C16H20N2OS. The van der Waals surface area contributed by atoms with E-state index in [1.165, 1.54) is 5.56 Å². The monoisotopic (exact) mass is 288 g/mol. The van der Waals surface area contributed by atoms with Crippen molar-refractivity contribution in [2.24, 2.45) is 5.73 Å². The van der Waals surface area contributed by atoms with Crippen LogP contribution in [0.15, 0.2) is 41.8 Å². The zero-order chi connectivity index (χ0) is 14.4. The Bertz CT molecular complexity index is 551. The molecule has 2 aromatic rings. The van der Waals surface area contributed by atoms with Gasteiger partial charge in [-0.2, -0.15) is 0 Å². The number of rotatable bonds is 7. The highest BCUT2D eigenvalue weighted by molar-refractivity contribution is 7.10. The van der Waals surface area contributed by atoms with Crippen molar-refractivity contribution in [2.45, 2.75) is 32.4 Å². The Morgan fingerprint density at radius 1 is 1.35 bits per heavy atom. The predicted octanol–water partition coefficient (Wildman–Crippen LogP) is 2.96. The standard InChI is InChI=1S/C16H20N2OS/c1-12(7-8-13-5-3-2-4-6-13)18-10-15-9-14(11-20-15)16(17)19/h2-6,9,11-12,18H,7-8,10H2,1H3,(H2,17,19). The molecule has 1 atom stereocenters. The van der Waals surface area contributed by atoms with Gasteiger partial charge in [-0.15, -0.1) is 11.3 Å². The fraction of sp³-hybridized carbons (Fsp3) is 0.312. The lowest BCUT2D eigenvalue weighted by Gasteiger charge is -2.12. The number of aryl methyl sites for hydroxylation is 1. The van der Waals surface area contributed by atoms with E-state index >= 15 is 0 Å². The first-order chi connectivity index (χ1) is 9.65. The average molecular weight is 288 g/mol.